The molecule has 1 aromatic heterocycles. The number of halogens is 3. The Hall–Kier alpha value is -2.93. The van der Waals surface area contributed by atoms with E-state index in [1.807, 2.05) is 13.0 Å². The van der Waals surface area contributed by atoms with Gasteiger partial charge >= 0.3 is 0 Å². The summed E-state index contributed by atoms with van der Waals surface area (Å²) in [5, 5.41) is 6.62. The van der Waals surface area contributed by atoms with Gasteiger partial charge in [-0.15, -0.1) is 0 Å². The topological polar surface area (TPSA) is 59.1 Å². The molecule has 0 unspecified atom stereocenters. The highest BCUT2D eigenvalue weighted by Crippen LogP contribution is 2.32. The molecule has 0 saturated heterocycles. The first kappa shape index (κ1) is 18.8. The smallest absolute Gasteiger partial charge is 0.229 e. The largest absolute Gasteiger partial charge is 0.495 e. The summed E-state index contributed by atoms with van der Waals surface area (Å²) in [5.41, 5.74) is 2.58. The van der Waals surface area contributed by atoms with Crippen molar-refractivity contribution in [3.05, 3.63) is 64.3 Å². The average molecular weight is 391 g/mol. The molecule has 27 heavy (non-hydrogen) atoms. The van der Waals surface area contributed by atoms with Gasteiger partial charge < -0.3 is 15.4 Å². The quantitative estimate of drug-likeness (QED) is 0.600. The van der Waals surface area contributed by atoms with Gasteiger partial charge in [-0.25, -0.2) is 13.8 Å². The molecule has 0 amide bonds. The van der Waals surface area contributed by atoms with Crippen molar-refractivity contribution in [1.82, 2.24) is 9.97 Å². The summed E-state index contributed by atoms with van der Waals surface area (Å²) in [6, 6.07) is 8.76. The van der Waals surface area contributed by atoms with E-state index >= 15 is 0 Å². The Kier molecular flexibility index (Phi) is 5.41. The van der Waals surface area contributed by atoms with Gasteiger partial charge in [0.1, 0.15) is 11.6 Å². The Labute approximate surface area is 160 Å². The highest BCUT2D eigenvalue weighted by Gasteiger charge is 2.11. The van der Waals surface area contributed by atoms with Gasteiger partial charge in [0.05, 0.1) is 12.8 Å². The van der Waals surface area contributed by atoms with Gasteiger partial charge in [-0.05, 0) is 37.6 Å². The van der Waals surface area contributed by atoms with E-state index in [2.05, 4.69) is 20.6 Å². The molecule has 140 valence electrons. The number of rotatable bonds is 5. The molecule has 0 fully saturated rings. The minimum absolute atomic E-state index is 0.320. The number of nitrogens with one attached hydrogen (secondary N) is 2. The molecule has 8 heteroatoms. The zero-order chi connectivity index (χ0) is 19.6. The third kappa shape index (κ3) is 4.43. The van der Waals surface area contributed by atoms with E-state index in [1.54, 1.807) is 26.2 Å². The van der Waals surface area contributed by atoms with Crippen LogP contribution < -0.4 is 15.4 Å². The van der Waals surface area contributed by atoms with E-state index in [4.69, 9.17) is 16.3 Å². The first-order valence-electron chi connectivity index (χ1n) is 8.04. The third-order valence-electron chi connectivity index (χ3n) is 3.77. The zero-order valence-corrected chi connectivity index (χ0v) is 15.7. The van der Waals surface area contributed by atoms with Gasteiger partial charge in [0, 0.05) is 34.6 Å². The third-order valence-corrected chi connectivity index (χ3v) is 4.18. The molecule has 2 aromatic carbocycles. The van der Waals surface area contributed by atoms with E-state index in [1.165, 1.54) is 6.07 Å². The number of aromatic nitrogens is 2. The summed E-state index contributed by atoms with van der Waals surface area (Å²) < 4.78 is 31.8. The van der Waals surface area contributed by atoms with Crippen LogP contribution in [0.4, 0.5) is 31.9 Å². The highest BCUT2D eigenvalue weighted by atomic mass is 35.5. The van der Waals surface area contributed by atoms with Gasteiger partial charge in [0.15, 0.2) is 11.6 Å². The summed E-state index contributed by atoms with van der Waals surface area (Å²) in [6.45, 7) is 3.67. The number of nitrogens with zero attached hydrogens (tertiary/aromatic N) is 2. The minimum atomic E-state index is -0.939. The molecule has 0 bridgehead atoms. The number of hydrogen-bond donors (Lipinski definition) is 2. The zero-order valence-electron chi connectivity index (χ0n) is 14.9. The fourth-order valence-corrected chi connectivity index (χ4v) is 2.61. The summed E-state index contributed by atoms with van der Waals surface area (Å²) in [6.07, 6.45) is 0. The van der Waals surface area contributed by atoms with Crippen LogP contribution in [-0.4, -0.2) is 17.1 Å². The van der Waals surface area contributed by atoms with Gasteiger partial charge in [0.25, 0.3) is 0 Å². The van der Waals surface area contributed by atoms with Crippen molar-refractivity contribution < 1.29 is 13.5 Å². The van der Waals surface area contributed by atoms with Crippen LogP contribution in [0.25, 0.3) is 0 Å². The van der Waals surface area contributed by atoms with Crippen molar-refractivity contribution in [3.8, 4) is 5.75 Å². The lowest BCUT2D eigenvalue weighted by Crippen LogP contribution is -2.04. The van der Waals surface area contributed by atoms with Crippen LogP contribution in [0.2, 0.25) is 5.02 Å². The molecule has 0 aliphatic carbocycles. The summed E-state index contributed by atoms with van der Waals surface area (Å²) >= 11 is 6.13. The van der Waals surface area contributed by atoms with Crippen LogP contribution in [-0.2, 0) is 0 Å². The fraction of sp³-hybridized carbons (Fsp3) is 0.158. The molecule has 0 aliphatic rings. The predicted molar refractivity (Wildman–Crippen MR) is 102 cm³/mol. The number of anilines is 4. The normalized spacial score (nSPS) is 10.6. The van der Waals surface area contributed by atoms with E-state index in [-0.39, 0.29) is 0 Å². The van der Waals surface area contributed by atoms with Crippen molar-refractivity contribution in [2.75, 3.05) is 17.7 Å². The van der Waals surface area contributed by atoms with Gasteiger partial charge in [-0.1, -0.05) is 11.6 Å². The second-order valence-electron chi connectivity index (χ2n) is 5.90. The van der Waals surface area contributed by atoms with Crippen LogP contribution in [0.3, 0.4) is 0 Å². The molecular weight excluding hydrogens is 374 g/mol. The molecule has 0 radical (unpaired) electrons. The Morgan fingerprint density at radius 2 is 1.74 bits per heavy atom. The number of aryl methyl sites for hydroxylation is 2. The number of hydrogen-bond acceptors (Lipinski definition) is 5. The summed E-state index contributed by atoms with van der Waals surface area (Å²) in [5.74, 6) is -0.552. The molecule has 0 spiro atoms. The van der Waals surface area contributed by atoms with Crippen molar-refractivity contribution in [2.45, 2.75) is 13.8 Å². The average Bonchev–Trinajstić information content (AvgIpc) is 2.60. The minimum Gasteiger partial charge on any atom is -0.495 e. The first-order valence-corrected chi connectivity index (χ1v) is 8.42. The van der Waals surface area contributed by atoms with Crippen molar-refractivity contribution in [3.63, 3.8) is 0 Å². The SMILES string of the molecule is COc1cc(Cl)c(C)cc1Nc1nc(C)cc(Nc2ccc(F)c(F)c2)n1. The molecular formula is C19H17ClF2N4O. The fourth-order valence-electron chi connectivity index (χ4n) is 2.46. The van der Waals surface area contributed by atoms with Gasteiger partial charge in [-0.3, -0.25) is 0 Å². The molecule has 3 aromatic rings. The van der Waals surface area contributed by atoms with Gasteiger partial charge in [-0.2, -0.15) is 4.98 Å². The first-order chi connectivity index (χ1) is 12.9. The Morgan fingerprint density at radius 1 is 0.963 bits per heavy atom. The maximum atomic E-state index is 13.4. The predicted octanol–water partition coefficient (Wildman–Crippen LogP) is 5.52. The van der Waals surface area contributed by atoms with Crippen LogP contribution in [0.15, 0.2) is 36.4 Å². The Bertz CT molecular complexity index is 998. The van der Waals surface area contributed by atoms with Crippen molar-refractivity contribution >= 4 is 34.7 Å². The van der Waals surface area contributed by atoms with Crippen LogP contribution in [0, 0.1) is 25.5 Å². The van der Waals surface area contributed by atoms with Crippen LogP contribution in [0.1, 0.15) is 11.3 Å². The van der Waals surface area contributed by atoms with E-state index in [9.17, 15) is 8.78 Å². The van der Waals surface area contributed by atoms with E-state index in [0.29, 0.717) is 39.6 Å². The molecule has 0 saturated carbocycles. The highest BCUT2D eigenvalue weighted by molar-refractivity contribution is 6.31. The lowest BCUT2D eigenvalue weighted by molar-refractivity contribution is 0.416. The van der Waals surface area contributed by atoms with Crippen LogP contribution in [0.5, 0.6) is 5.75 Å². The second kappa shape index (κ2) is 7.75. The summed E-state index contributed by atoms with van der Waals surface area (Å²) in [4.78, 5) is 8.71. The lowest BCUT2D eigenvalue weighted by Gasteiger charge is -2.14. The molecule has 1 heterocycles. The lowest BCUT2D eigenvalue weighted by atomic mass is 10.2. The standard InChI is InChI=1S/C19H17ClF2N4O/c1-10-6-16(17(27-3)9-13(10)20)25-19-23-11(2)7-18(26-19)24-12-4-5-14(21)15(22)8-12/h4-9H,1-3H3,(H2,23,24,25,26). The molecule has 3 rings (SSSR count). The van der Waals surface area contributed by atoms with E-state index < -0.39 is 11.6 Å². The van der Waals surface area contributed by atoms with Crippen molar-refractivity contribution in [1.29, 1.82) is 0 Å². The Balaban J connectivity index is 1.89. The Morgan fingerprint density at radius 3 is 2.44 bits per heavy atom. The second-order valence-corrected chi connectivity index (χ2v) is 6.31. The summed E-state index contributed by atoms with van der Waals surface area (Å²) in [7, 11) is 1.54. The monoisotopic (exact) mass is 390 g/mol. The molecule has 0 atom stereocenters. The van der Waals surface area contributed by atoms with Crippen molar-refractivity contribution in [2.24, 2.45) is 0 Å². The number of methoxy groups -OCH3 is 1. The molecule has 5 nitrogen and oxygen atoms in total. The maximum Gasteiger partial charge on any atom is 0.229 e. The van der Waals surface area contributed by atoms with Crippen LogP contribution >= 0.6 is 11.6 Å². The molecule has 2 N–H and O–H groups in total. The molecule has 0 aliphatic heterocycles. The number of benzene rings is 2. The van der Waals surface area contributed by atoms with Gasteiger partial charge in [0.2, 0.25) is 5.95 Å². The maximum absolute atomic E-state index is 13.4. The number of ether oxygens (including phenoxy) is 1. The van der Waals surface area contributed by atoms with E-state index in [0.717, 1.165) is 17.7 Å².